The minimum absolute atomic E-state index is 0.137. The van der Waals surface area contributed by atoms with Crippen molar-refractivity contribution in [1.29, 1.82) is 0 Å². The second-order valence-corrected chi connectivity index (χ2v) is 9.32. The Bertz CT molecular complexity index is 1330. The molecular formula is C25H25Cl2N5O2. The van der Waals surface area contributed by atoms with Crippen LogP contribution in [0.3, 0.4) is 0 Å². The molecule has 1 aromatic carbocycles. The van der Waals surface area contributed by atoms with Gasteiger partial charge in [-0.15, -0.1) is 0 Å². The number of ether oxygens (including phenoxy) is 1. The number of nitrogens with one attached hydrogen (secondary N) is 1. The van der Waals surface area contributed by atoms with Crippen molar-refractivity contribution in [3.05, 3.63) is 64.0 Å². The van der Waals surface area contributed by atoms with Crippen LogP contribution >= 0.6 is 23.2 Å². The quantitative estimate of drug-likeness (QED) is 0.353. The monoisotopic (exact) mass is 497 g/mol. The standard InChI is InChI=1S/C25H25Cl2N5O2/c1-14-24(27)23(20(26)12-28-14)15(2)34-18-6-7-21-19(10-18)25(31-30-21)16-5-8-22(29-11-16)32-9-3-4-17(32)13-33/h5-8,10-12,15,17,33H,3-4,9,13H2,1-2H3,(H,30,31)/t15?,17-/m0/s1. The summed E-state index contributed by atoms with van der Waals surface area (Å²) in [6, 6.07) is 9.92. The lowest BCUT2D eigenvalue weighted by molar-refractivity contribution is 0.227. The van der Waals surface area contributed by atoms with Crippen LogP contribution in [0.25, 0.3) is 22.2 Å². The average molecular weight is 498 g/mol. The molecule has 4 aromatic rings. The molecule has 0 bridgehead atoms. The van der Waals surface area contributed by atoms with E-state index in [9.17, 15) is 5.11 Å². The first-order valence-corrected chi connectivity index (χ1v) is 12.0. The van der Waals surface area contributed by atoms with Crippen LogP contribution in [-0.4, -0.2) is 44.5 Å². The summed E-state index contributed by atoms with van der Waals surface area (Å²) < 4.78 is 6.21. The first-order chi connectivity index (χ1) is 16.5. The van der Waals surface area contributed by atoms with Gasteiger partial charge in [0.15, 0.2) is 0 Å². The highest BCUT2D eigenvalue weighted by Gasteiger charge is 2.25. The Morgan fingerprint density at radius 2 is 2.06 bits per heavy atom. The van der Waals surface area contributed by atoms with Crippen molar-refractivity contribution in [2.45, 2.75) is 38.8 Å². The molecule has 1 aliphatic heterocycles. The molecule has 0 saturated carbocycles. The molecule has 2 atom stereocenters. The van der Waals surface area contributed by atoms with Gasteiger partial charge >= 0.3 is 0 Å². The van der Waals surface area contributed by atoms with Crippen molar-refractivity contribution in [2.24, 2.45) is 0 Å². The van der Waals surface area contributed by atoms with Gasteiger partial charge in [0.2, 0.25) is 0 Å². The van der Waals surface area contributed by atoms with Crippen molar-refractivity contribution in [3.8, 4) is 17.0 Å². The highest BCUT2D eigenvalue weighted by Crippen LogP contribution is 2.36. The number of aliphatic hydroxyl groups is 1. The number of rotatable bonds is 6. The lowest BCUT2D eigenvalue weighted by atomic mass is 10.1. The number of fused-ring (bicyclic) bond motifs is 1. The molecular weight excluding hydrogens is 473 g/mol. The van der Waals surface area contributed by atoms with Crippen molar-refractivity contribution in [1.82, 2.24) is 20.2 Å². The third-order valence-electron chi connectivity index (χ3n) is 6.34. The third kappa shape index (κ3) is 4.19. The van der Waals surface area contributed by atoms with Gasteiger partial charge in [-0.3, -0.25) is 10.1 Å². The fourth-order valence-electron chi connectivity index (χ4n) is 4.52. The summed E-state index contributed by atoms with van der Waals surface area (Å²) >= 11 is 12.8. The fraction of sp³-hybridized carbons (Fsp3) is 0.320. The summed E-state index contributed by atoms with van der Waals surface area (Å²) in [6.45, 7) is 4.80. The van der Waals surface area contributed by atoms with Gasteiger partial charge in [0.1, 0.15) is 23.4 Å². The number of pyridine rings is 2. The number of hydrogen-bond acceptors (Lipinski definition) is 6. The Morgan fingerprint density at radius 3 is 2.82 bits per heavy atom. The SMILES string of the molecule is Cc1ncc(Cl)c(C(C)Oc2ccc3[nH]nc(-c4ccc(N5CCC[C@H]5CO)nc4)c3c2)c1Cl. The number of anilines is 1. The molecule has 0 amide bonds. The zero-order valence-electron chi connectivity index (χ0n) is 18.9. The van der Waals surface area contributed by atoms with Crippen LogP contribution in [0.4, 0.5) is 5.82 Å². The van der Waals surface area contributed by atoms with Gasteiger partial charge in [-0.2, -0.15) is 5.10 Å². The molecule has 0 radical (unpaired) electrons. The molecule has 3 aromatic heterocycles. The predicted octanol–water partition coefficient (Wildman–Crippen LogP) is 5.74. The van der Waals surface area contributed by atoms with Gasteiger partial charge < -0.3 is 14.7 Å². The highest BCUT2D eigenvalue weighted by atomic mass is 35.5. The van der Waals surface area contributed by atoms with Crippen LogP contribution < -0.4 is 9.64 Å². The summed E-state index contributed by atoms with van der Waals surface area (Å²) in [5.41, 5.74) is 4.01. The van der Waals surface area contributed by atoms with Gasteiger partial charge in [-0.1, -0.05) is 23.2 Å². The Balaban J connectivity index is 1.42. The van der Waals surface area contributed by atoms with E-state index in [0.29, 0.717) is 27.1 Å². The summed E-state index contributed by atoms with van der Waals surface area (Å²) in [7, 11) is 0. The maximum atomic E-state index is 9.61. The van der Waals surface area contributed by atoms with Crippen LogP contribution in [0.5, 0.6) is 5.75 Å². The van der Waals surface area contributed by atoms with Crippen molar-refractivity contribution in [2.75, 3.05) is 18.1 Å². The van der Waals surface area contributed by atoms with E-state index < -0.39 is 0 Å². The van der Waals surface area contributed by atoms with Crippen LogP contribution in [0.1, 0.15) is 37.1 Å². The number of aromatic nitrogens is 4. The molecule has 4 heterocycles. The maximum Gasteiger partial charge on any atom is 0.128 e. The van der Waals surface area contributed by atoms with Gasteiger partial charge in [0.25, 0.3) is 0 Å². The van der Waals surface area contributed by atoms with E-state index in [-0.39, 0.29) is 18.8 Å². The van der Waals surface area contributed by atoms with Crippen LogP contribution in [0.2, 0.25) is 10.0 Å². The van der Waals surface area contributed by atoms with E-state index in [4.69, 9.17) is 27.9 Å². The molecule has 176 valence electrons. The average Bonchev–Trinajstić information content (AvgIpc) is 3.48. The maximum absolute atomic E-state index is 9.61. The van der Waals surface area contributed by atoms with Crippen molar-refractivity contribution < 1.29 is 9.84 Å². The van der Waals surface area contributed by atoms with Gasteiger partial charge in [0.05, 0.1) is 33.9 Å². The normalized spacial score (nSPS) is 16.9. The number of nitrogens with zero attached hydrogens (tertiary/aromatic N) is 4. The molecule has 1 fully saturated rings. The first-order valence-electron chi connectivity index (χ1n) is 11.3. The minimum Gasteiger partial charge on any atom is -0.486 e. The smallest absolute Gasteiger partial charge is 0.128 e. The van der Waals surface area contributed by atoms with Crippen molar-refractivity contribution in [3.63, 3.8) is 0 Å². The van der Waals surface area contributed by atoms with Crippen LogP contribution in [-0.2, 0) is 0 Å². The lowest BCUT2D eigenvalue weighted by Gasteiger charge is -2.24. The van der Waals surface area contributed by atoms with Crippen LogP contribution in [0, 0.1) is 6.92 Å². The van der Waals surface area contributed by atoms with Crippen molar-refractivity contribution >= 4 is 39.9 Å². The molecule has 0 spiro atoms. The number of aryl methyl sites for hydroxylation is 1. The largest absolute Gasteiger partial charge is 0.486 e. The second-order valence-electron chi connectivity index (χ2n) is 8.54. The fourth-order valence-corrected chi connectivity index (χ4v) is 5.17. The highest BCUT2D eigenvalue weighted by molar-refractivity contribution is 6.36. The minimum atomic E-state index is -0.365. The molecule has 7 nitrogen and oxygen atoms in total. The molecule has 34 heavy (non-hydrogen) atoms. The number of benzene rings is 1. The Hall–Kier alpha value is -2.87. The summed E-state index contributed by atoms with van der Waals surface area (Å²) in [6.07, 6.45) is 5.11. The van der Waals surface area contributed by atoms with E-state index in [1.807, 2.05) is 50.4 Å². The van der Waals surface area contributed by atoms with E-state index in [0.717, 1.165) is 47.4 Å². The molecule has 2 N–H and O–H groups in total. The zero-order chi connectivity index (χ0) is 23.8. The molecule has 5 rings (SSSR count). The van der Waals surface area contributed by atoms with E-state index in [1.54, 1.807) is 6.20 Å². The predicted molar refractivity (Wildman–Crippen MR) is 135 cm³/mol. The molecule has 1 aliphatic rings. The van der Waals surface area contributed by atoms with Gasteiger partial charge in [-0.25, -0.2) is 4.98 Å². The van der Waals surface area contributed by atoms with E-state index in [1.165, 1.54) is 0 Å². The molecule has 1 unspecified atom stereocenters. The number of aromatic amines is 1. The second kappa shape index (κ2) is 9.41. The van der Waals surface area contributed by atoms with E-state index in [2.05, 4.69) is 25.1 Å². The molecule has 9 heteroatoms. The Kier molecular flexibility index (Phi) is 6.34. The molecule has 0 aliphatic carbocycles. The zero-order valence-corrected chi connectivity index (χ0v) is 20.4. The summed E-state index contributed by atoms with van der Waals surface area (Å²) in [5.74, 6) is 1.55. The van der Waals surface area contributed by atoms with E-state index >= 15 is 0 Å². The third-order valence-corrected chi connectivity index (χ3v) is 7.12. The Morgan fingerprint density at radius 1 is 1.21 bits per heavy atom. The number of aliphatic hydroxyl groups excluding tert-OH is 1. The first kappa shape index (κ1) is 22.9. The number of hydrogen-bond donors (Lipinski definition) is 2. The summed E-state index contributed by atoms with van der Waals surface area (Å²) in [4.78, 5) is 11.0. The number of halogens is 2. The number of H-pyrrole nitrogens is 1. The Labute approximate surface area is 207 Å². The van der Waals surface area contributed by atoms with Crippen LogP contribution in [0.15, 0.2) is 42.7 Å². The lowest BCUT2D eigenvalue weighted by Crippen LogP contribution is -2.32. The topological polar surface area (TPSA) is 87.2 Å². The molecule has 1 saturated heterocycles. The summed E-state index contributed by atoms with van der Waals surface area (Å²) in [5, 5.41) is 19.1. The van der Waals surface area contributed by atoms with Gasteiger partial charge in [-0.05, 0) is 57.0 Å². The van der Waals surface area contributed by atoms with Gasteiger partial charge in [0, 0.05) is 35.5 Å².